The number of anilines is 2. The molecule has 1 aliphatic heterocycles. The summed E-state index contributed by atoms with van der Waals surface area (Å²) in [7, 11) is 0. The lowest BCUT2D eigenvalue weighted by atomic mass is 10.1. The second-order valence-corrected chi connectivity index (χ2v) is 7.24. The number of benzene rings is 2. The van der Waals surface area contributed by atoms with Gasteiger partial charge in [0, 0.05) is 23.9 Å². The molecule has 4 rings (SSSR count). The molecule has 0 bridgehead atoms. The number of nitrogens with one attached hydrogen (secondary N) is 2. The molecule has 146 valence electrons. The Balaban J connectivity index is 1.36. The molecule has 6 nitrogen and oxygen atoms in total. The van der Waals surface area contributed by atoms with Crippen molar-refractivity contribution in [3.05, 3.63) is 54.1 Å². The summed E-state index contributed by atoms with van der Waals surface area (Å²) in [5.74, 6) is 0.529. The van der Waals surface area contributed by atoms with E-state index >= 15 is 0 Å². The summed E-state index contributed by atoms with van der Waals surface area (Å²) in [4.78, 5) is 24.5. The monoisotopic (exact) mass is 380 g/mol. The van der Waals surface area contributed by atoms with Gasteiger partial charge in [0.15, 0.2) is 0 Å². The molecule has 6 heteroatoms. The van der Waals surface area contributed by atoms with Crippen molar-refractivity contribution < 1.29 is 19.1 Å². The van der Waals surface area contributed by atoms with Crippen LogP contribution in [0.1, 0.15) is 36.0 Å². The van der Waals surface area contributed by atoms with Crippen LogP contribution < -0.4 is 15.4 Å². The average Bonchev–Trinajstić information content (AvgIpc) is 3.44. The molecule has 2 aliphatic rings. The predicted molar refractivity (Wildman–Crippen MR) is 107 cm³/mol. The number of rotatable bonds is 7. The summed E-state index contributed by atoms with van der Waals surface area (Å²) in [5.41, 5.74) is 1.87. The molecule has 1 heterocycles. The zero-order chi connectivity index (χ0) is 19.3. The summed E-state index contributed by atoms with van der Waals surface area (Å²) >= 11 is 0. The van der Waals surface area contributed by atoms with E-state index in [2.05, 4.69) is 10.6 Å². The van der Waals surface area contributed by atoms with Gasteiger partial charge in [0.25, 0.3) is 5.91 Å². The van der Waals surface area contributed by atoms with Crippen LogP contribution in [-0.4, -0.2) is 31.1 Å². The topological polar surface area (TPSA) is 76.7 Å². The van der Waals surface area contributed by atoms with Gasteiger partial charge in [-0.1, -0.05) is 12.1 Å². The zero-order valence-electron chi connectivity index (χ0n) is 15.6. The maximum absolute atomic E-state index is 12.7. The van der Waals surface area contributed by atoms with Crippen LogP contribution >= 0.6 is 0 Å². The van der Waals surface area contributed by atoms with Gasteiger partial charge < -0.3 is 20.1 Å². The summed E-state index contributed by atoms with van der Waals surface area (Å²) in [5, 5.41) is 5.76. The first-order valence-electron chi connectivity index (χ1n) is 9.75. The van der Waals surface area contributed by atoms with E-state index in [1.54, 1.807) is 36.4 Å². The molecule has 0 aromatic heterocycles. The highest BCUT2D eigenvalue weighted by molar-refractivity contribution is 6.06. The highest BCUT2D eigenvalue weighted by Gasteiger charge is 2.29. The Kier molecular flexibility index (Phi) is 5.58. The van der Waals surface area contributed by atoms with Crippen LogP contribution in [0.4, 0.5) is 11.4 Å². The van der Waals surface area contributed by atoms with E-state index < -0.39 is 0 Å². The standard InChI is InChI=1S/C22H24N2O4/c25-21(15-7-8-15)23-16-9-11-17(12-10-16)24-22(26)19-5-1-2-6-20(19)28-14-18-4-3-13-27-18/h1-2,5-6,9-12,15,18H,3-4,7-8,13-14H2,(H,23,25)(H,24,26). The average molecular weight is 380 g/mol. The summed E-state index contributed by atoms with van der Waals surface area (Å²) in [6, 6.07) is 14.3. The normalized spacial score (nSPS) is 18.5. The molecule has 2 fully saturated rings. The fraction of sp³-hybridized carbons (Fsp3) is 0.364. The van der Waals surface area contributed by atoms with Gasteiger partial charge in [-0.2, -0.15) is 0 Å². The van der Waals surface area contributed by atoms with E-state index in [4.69, 9.17) is 9.47 Å². The molecule has 1 saturated carbocycles. The largest absolute Gasteiger partial charge is 0.490 e. The third-order valence-corrected chi connectivity index (χ3v) is 4.94. The summed E-state index contributed by atoms with van der Waals surface area (Å²) in [6.07, 6.45) is 4.06. The molecule has 1 aliphatic carbocycles. The highest BCUT2D eigenvalue weighted by atomic mass is 16.5. The van der Waals surface area contributed by atoms with Crippen molar-refractivity contribution in [3.8, 4) is 5.75 Å². The zero-order valence-corrected chi connectivity index (χ0v) is 15.6. The first-order valence-corrected chi connectivity index (χ1v) is 9.75. The molecular weight excluding hydrogens is 356 g/mol. The van der Waals surface area contributed by atoms with E-state index in [1.807, 2.05) is 12.1 Å². The Labute approximate surface area is 164 Å². The lowest BCUT2D eigenvalue weighted by Crippen LogP contribution is -2.19. The molecule has 1 unspecified atom stereocenters. The Hall–Kier alpha value is -2.86. The van der Waals surface area contributed by atoms with Crippen molar-refractivity contribution in [3.63, 3.8) is 0 Å². The minimum atomic E-state index is -0.238. The van der Waals surface area contributed by atoms with E-state index in [1.165, 1.54) is 0 Å². The predicted octanol–water partition coefficient (Wildman–Crippen LogP) is 3.85. The molecule has 2 aromatic carbocycles. The molecule has 28 heavy (non-hydrogen) atoms. The summed E-state index contributed by atoms with van der Waals surface area (Å²) < 4.78 is 11.4. The van der Waals surface area contributed by atoms with Gasteiger partial charge in [0.2, 0.25) is 5.91 Å². The summed E-state index contributed by atoms with van der Waals surface area (Å²) in [6.45, 7) is 1.22. The van der Waals surface area contributed by atoms with E-state index in [9.17, 15) is 9.59 Å². The number of hydrogen-bond donors (Lipinski definition) is 2. The quantitative estimate of drug-likeness (QED) is 0.765. The maximum atomic E-state index is 12.7. The van der Waals surface area contributed by atoms with E-state index in [0.717, 1.165) is 38.0 Å². The van der Waals surface area contributed by atoms with Gasteiger partial charge in [0.1, 0.15) is 12.4 Å². The Morgan fingerprint density at radius 1 is 0.964 bits per heavy atom. The van der Waals surface area contributed by atoms with Crippen molar-refractivity contribution in [1.29, 1.82) is 0 Å². The van der Waals surface area contributed by atoms with Crippen molar-refractivity contribution in [1.82, 2.24) is 0 Å². The van der Waals surface area contributed by atoms with Gasteiger partial charge in [-0.3, -0.25) is 9.59 Å². The number of carbonyl (C=O) groups is 2. The van der Waals surface area contributed by atoms with Crippen LogP contribution in [0.3, 0.4) is 0 Å². The van der Waals surface area contributed by atoms with Gasteiger partial charge in [-0.25, -0.2) is 0 Å². The first kappa shape index (κ1) is 18.5. The third kappa shape index (κ3) is 4.70. The van der Waals surface area contributed by atoms with E-state index in [0.29, 0.717) is 23.6 Å². The van der Waals surface area contributed by atoms with Crippen LogP contribution in [0.2, 0.25) is 0 Å². The molecular formula is C22H24N2O4. The lowest BCUT2D eigenvalue weighted by Gasteiger charge is -2.14. The number of carbonyl (C=O) groups excluding carboxylic acids is 2. The van der Waals surface area contributed by atoms with Crippen molar-refractivity contribution in [2.45, 2.75) is 31.8 Å². The fourth-order valence-electron chi connectivity index (χ4n) is 3.16. The Bertz CT molecular complexity index is 840. The highest BCUT2D eigenvalue weighted by Crippen LogP contribution is 2.30. The second kappa shape index (κ2) is 8.44. The number of para-hydroxylation sites is 1. The van der Waals surface area contributed by atoms with Gasteiger partial charge in [0.05, 0.1) is 11.7 Å². The number of amides is 2. The molecule has 0 spiro atoms. The molecule has 1 atom stereocenters. The van der Waals surface area contributed by atoms with Crippen LogP contribution in [0.25, 0.3) is 0 Å². The number of hydrogen-bond acceptors (Lipinski definition) is 4. The number of ether oxygens (including phenoxy) is 2. The van der Waals surface area contributed by atoms with Gasteiger partial charge >= 0.3 is 0 Å². The maximum Gasteiger partial charge on any atom is 0.259 e. The minimum Gasteiger partial charge on any atom is -0.490 e. The van der Waals surface area contributed by atoms with Gasteiger partial charge in [-0.05, 0) is 62.1 Å². The SMILES string of the molecule is O=C(Nc1ccc(NC(=O)C2CC2)cc1)c1ccccc1OCC1CCCO1. The molecule has 2 N–H and O–H groups in total. The smallest absolute Gasteiger partial charge is 0.259 e. The third-order valence-electron chi connectivity index (χ3n) is 4.94. The van der Waals surface area contributed by atoms with Crippen LogP contribution in [0.15, 0.2) is 48.5 Å². The van der Waals surface area contributed by atoms with Crippen molar-refractivity contribution in [2.75, 3.05) is 23.8 Å². The Morgan fingerprint density at radius 2 is 1.68 bits per heavy atom. The minimum absolute atomic E-state index is 0.0640. The molecule has 2 amide bonds. The van der Waals surface area contributed by atoms with Crippen LogP contribution in [0.5, 0.6) is 5.75 Å². The molecule has 2 aromatic rings. The van der Waals surface area contributed by atoms with Gasteiger partial charge in [-0.15, -0.1) is 0 Å². The van der Waals surface area contributed by atoms with Crippen molar-refractivity contribution in [2.24, 2.45) is 5.92 Å². The molecule has 1 saturated heterocycles. The lowest BCUT2D eigenvalue weighted by molar-refractivity contribution is -0.117. The van der Waals surface area contributed by atoms with Crippen molar-refractivity contribution >= 4 is 23.2 Å². The fourth-order valence-corrected chi connectivity index (χ4v) is 3.16. The van der Waals surface area contributed by atoms with Crippen LogP contribution in [-0.2, 0) is 9.53 Å². The molecule has 0 radical (unpaired) electrons. The second-order valence-electron chi connectivity index (χ2n) is 7.24. The Morgan fingerprint density at radius 3 is 2.36 bits per heavy atom. The first-order chi connectivity index (χ1) is 13.7. The van der Waals surface area contributed by atoms with E-state index in [-0.39, 0.29) is 23.8 Å². The van der Waals surface area contributed by atoms with Crippen LogP contribution in [0, 0.1) is 5.92 Å².